The van der Waals surface area contributed by atoms with Gasteiger partial charge in [0.2, 0.25) is 0 Å². The summed E-state index contributed by atoms with van der Waals surface area (Å²) in [5.74, 6) is 0. The first-order chi connectivity index (χ1) is 11.0. The van der Waals surface area contributed by atoms with Crippen molar-refractivity contribution < 1.29 is 62.5 Å². The molecule has 4 nitrogen and oxygen atoms in total. The summed E-state index contributed by atoms with van der Waals surface area (Å²) < 4.78 is 150. The fourth-order valence-corrected chi connectivity index (χ4v) is 3.91. The molecule has 0 amide bonds. The van der Waals surface area contributed by atoms with E-state index >= 15 is 0 Å². The Morgan fingerprint density at radius 1 is 0.920 bits per heavy atom. The molecule has 0 N–H and O–H groups in total. The van der Waals surface area contributed by atoms with E-state index in [9.17, 15) is 48.3 Å². The number of morpholine rings is 1. The third kappa shape index (κ3) is 3.64. The van der Waals surface area contributed by atoms with E-state index in [1.54, 1.807) is 0 Å². The van der Waals surface area contributed by atoms with E-state index in [2.05, 4.69) is 14.2 Å². The summed E-state index contributed by atoms with van der Waals surface area (Å²) in [5.41, 5.74) is 0. The Morgan fingerprint density at radius 3 is 1.72 bits per heavy atom. The van der Waals surface area contributed by atoms with Crippen molar-refractivity contribution in [2.75, 3.05) is 20.3 Å². The van der Waals surface area contributed by atoms with E-state index in [-0.39, 0.29) is 0 Å². The molecule has 16 heteroatoms. The second kappa shape index (κ2) is 6.03. The first-order valence-corrected chi connectivity index (χ1v) is 8.17. The van der Waals surface area contributed by atoms with Gasteiger partial charge in [-0.1, -0.05) is 0 Å². The van der Waals surface area contributed by atoms with Gasteiger partial charge in [0.15, 0.2) is 0 Å². The monoisotopic (exact) mass is 635 g/mol. The number of hydrogen-bond acceptors (Lipinski definition) is 4. The summed E-state index contributed by atoms with van der Waals surface area (Å²) in [6.07, 6.45) is -18.0. The predicted octanol–water partition coefficient (Wildman–Crippen LogP) is 3.05. The minimum atomic E-state index is -6.17. The van der Waals surface area contributed by atoms with Gasteiger partial charge in [0, 0.05) is 0 Å². The summed E-state index contributed by atoms with van der Waals surface area (Å²) in [4.78, 5) is 0. The third-order valence-electron chi connectivity index (χ3n) is 2.26. The summed E-state index contributed by atoms with van der Waals surface area (Å²) >= 11 is 0. The number of rotatable bonds is 5. The zero-order valence-electron chi connectivity index (χ0n) is 11.6. The molecule has 0 atom stereocenters. The average Bonchev–Trinajstić information content (AvgIpc) is 2.37. The van der Waals surface area contributed by atoms with Crippen molar-refractivity contribution in [3.63, 3.8) is 0 Å². The van der Waals surface area contributed by atoms with Crippen molar-refractivity contribution >= 4 is 6.61 Å². The zero-order chi connectivity index (χ0) is 19.9. The fourth-order valence-electron chi connectivity index (χ4n) is 1.18. The van der Waals surface area contributed by atoms with Crippen LogP contribution in [0.25, 0.3) is 0 Å². The van der Waals surface area contributed by atoms with Gasteiger partial charge < -0.3 is 0 Å². The van der Waals surface area contributed by atoms with E-state index in [1.807, 2.05) is 0 Å². The van der Waals surface area contributed by atoms with Crippen LogP contribution in [0.3, 0.4) is 0 Å². The van der Waals surface area contributed by atoms with Crippen molar-refractivity contribution in [1.29, 1.82) is 0 Å². The van der Waals surface area contributed by atoms with Crippen LogP contribution in [0, 0.1) is 0 Å². The van der Waals surface area contributed by atoms with E-state index in [0.29, 0.717) is 0 Å². The molecule has 1 aliphatic rings. The summed E-state index contributed by atoms with van der Waals surface area (Å²) in [5, 5.41) is -2.17. The topological polar surface area (TPSA) is 30.9 Å². The number of ether oxygens (including phenoxy) is 3. The molecular formula is C9H7CfF11NO3. The maximum absolute atomic E-state index is 13.4. The SMILES string of the molecule is COCCO[C](=[Cf][N]1C(F)(F)C(F)(F)OC(F)(F)C1(F)F)C(F)(F)F. The van der Waals surface area contributed by atoms with Crippen LogP contribution < -0.4 is 0 Å². The van der Waals surface area contributed by atoms with Gasteiger partial charge in [-0.05, 0) is 0 Å². The molecule has 0 unspecified atom stereocenters. The Hall–Kier alpha value is -2.06. The minimum absolute atomic E-state index is 0.544. The molecule has 0 bridgehead atoms. The number of alkyl halides is 11. The van der Waals surface area contributed by atoms with E-state index in [0.717, 1.165) is 7.11 Å². The Kier molecular flexibility index (Phi) is 5.06. The Morgan fingerprint density at radius 2 is 1.36 bits per heavy atom. The molecule has 1 fully saturated rings. The van der Waals surface area contributed by atoms with Crippen LogP contribution in [0.5, 0.6) is 0 Å². The van der Waals surface area contributed by atoms with Crippen LogP contribution in [-0.4, -0.2) is 62.7 Å². The quantitative estimate of drug-likeness (QED) is 0.264. The van der Waals surface area contributed by atoms with E-state index in [4.69, 9.17) is 0 Å². The van der Waals surface area contributed by atoms with Gasteiger partial charge in [0.05, 0.1) is 0 Å². The van der Waals surface area contributed by atoms with Gasteiger partial charge in [0.1, 0.15) is 0 Å². The van der Waals surface area contributed by atoms with Gasteiger partial charge in [-0.15, -0.1) is 0 Å². The Labute approximate surface area is 126 Å². The molecule has 1 saturated heterocycles. The van der Waals surface area contributed by atoms with E-state index in [1.165, 1.54) is 0 Å². The third-order valence-corrected chi connectivity index (χ3v) is 5.99. The zero-order valence-corrected chi connectivity index (χ0v) is 14.2. The second-order valence-electron chi connectivity index (χ2n) is 4.13. The van der Waals surface area contributed by atoms with Crippen LogP contribution >= 0.6 is 0 Å². The number of nitrogens with zero attached hydrogens (tertiary/aromatic N) is 1. The molecule has 0 spiro atoms. The first-order valence-electron chi connectivity index (χ1n) is 5.67. The molecule has 1 heterocycles. The number of halogens is 11. The summed E-state index contributed by atoms with van der Waals surface area (Å²) in [6, 6.07) is -12.3. The Bertz CT molecular complexity index is 495. The van der Waals surface area contributed by atoms with Crippen molar-refractivity contribution in [3.8, 4) is 0 Å². The molecule has 0 aromatic rings. The molecule has 0 aliphatic carbocycles. The number of hydrogen-bond donors (Lipinski definition) is 0. The molecular weight excluding hydrogens is 630 g/mol. The molecule has 0 aromatic heterocycles. The van der Waals surface area contributed by atoms with Gasteiger partial charge >= 0.3 is 125 Å². The van der Waals surface area contributed by atoms with Gasteiger partial charge in [0.25, 0.3) is 0 Å². The maximum atomic E-state index is 13.4. The first kappa shape index (κ1) is 21.0. The van der Waals surface area contributed by atoms with Crippen molar-refractivity contribution in [2.45, 2.75) is 30.5 Å². The normalized spacial score (nSPS) is 25.5. The van der Waals surface area contributed by atoms with Crippen LogP contribution in [0.4, 0.5) is 48.3 Å². The number of methoxy groups -OCH3 is 1. The summed E-state index contributed by atoms with van der Waals surface area (Å²) in [7, 11) is 1.00. The molecule has 0 radical (unpaired) electrons. The van der Waals surface area contributed by atoms with Crippen LogP contribution in [0.2, 0.25) is 0 Å². The van der Waals surface area contributed by atoms with E-state index < -0.39 is 55.6 Å². The van der Waals surface area contributed by atoms with Crippen LogP contribution in [0.15, 0.2) is 0 Å². The molecule has 1 aliphatic heterocycles. The predicted molar refractivity (Wildman–Crippen MR) is 51.6 cm³/mol. The average molecular weight is 637 g/mol. The molecule has 25 heavy (non-hydrogen) atoms. The van der Waals surface area contributed by atoms with Gasteiger partial charge in [-0.25, -0.2) is 0 Å². The fraction of sp³-hybridized carbons (Fsp3) is 0.889. The molecule has 0 aromatic carbocycles. The van der Waals surface area contributed by atoms with Crippen molar-refractivity contribution in [3.05, 3.63) is 0 Å². The van der Waals surface area contributed by atoms with Crippen molar-refractivity contribution in [1.82, 2.24) is 5.32 Å². The van der Waals surface area contributed by atoms with Gasteiger partial charge in [-0.3, -0.25) is 0 Å². The van der Waals surface area contributed by atoms with Gasteiger partial charge in [-0.2, -0.15) is 0 Å². The molecule has 0 saturated carbocycles. The van der Waals surface area contributed by atoms with Crippen LogP contribution in [0.1, 0.15) is 0 Å². The standard InChI is InChI=1S/C5H7F3O2.C4F8NO.Cf/c1-9-2-3-10-4-5(6,7)8;5-1(6)3(9,10)14-4(11,12)2(7,8)13-1;/h2-3H2,1H3;;/q;-1;+1. The summed E-state index contributed by atoms with van der Waals surface area (Å²) in [6.45, 7) is -3.89. The Balaban J connectivity index is 3.43. The molecule has 153 valence electrons. The second-order valence-corrected chi connectivity index (χ2v) is 7.09. The van der Waals surface area contributed by atoms with Crippen LogP contribution in [-0.2, 0) is 14.2 Å². The van der Waals surface area contributed by atoms with Crippen molar-refractivity contribution in [2.24, 2.45) is 0 Å². The molecule has 1 rings (SSSR count).